The number of methoxy groups -OCH3 is 1. The highest BCUT2D eigenvalue weighted by atomic mass is 32.2. The van der Waals surface area contributed by atoms with Gasteiger partial charge in [0, 0.05) is 6.07 Å². The van der Waals surface area contributed by atoms with E-state index in [1.54, 1.807) is 56.3 Å². The summed E-state index contributed by atoms with van der Waals surface area (Å²) in [6, 6.07) is 17.6. The zero-order valence-corrected chi connectivity index (χ0v) is 26.4. The summed E-state index contributed by atoms with van der Waals surface area (Å²) in [4.78, 5) is 12.3. The van der Waals surface area contributed by atoms with Gasteiger partial charge >= 0.3 is 5.97 Å². The van der Waals surface area contributed by atoms with E-state index < -0.39 is 26.2 Å². The molecule has 0 saturated heterocycles. The second-order valence-corrected chi connectivity index (χ2v) is 12.4. The molecule has 0 radical (unpaired) electrons. The number of esters is 1. The molecule has 0 aliphatic carbocycles. The van der Waals surface area contributed by atoms with Crippen molar-refractivity contribution in [3.63, 3.8) is 0 Å². The first-order valence-electron chi connectivity index (χ1n) is 13.6. The molecule has 0 atom stereocenters. The van der Waals surface area contributed by atoms with Gasteiger partial charge in [-0.05, 0) is 49.2 Å². The van der Waals surface area contributed by atoms with Gasteiger partial charge in [-0.2, -0.15) is 16.8 Å². The van der Waals surface area contributed by atoms with Gasteiger partial charge in [0.25, 0.3) is 20.2 Å². The molecule has 240 valence electrons. The third kappa shape index (κ3) is 10.9. The largest absolute Gasteiger partial charge is 0.491 e. The lowest BCUT2D eigenvalue weighted by Gasteiger charge is -2.13. The number of hydrogen-bond acceptors (Lipinski definition) is 12. The summed E-state index contributed by atoms with van der Waals surface area (Å²) in [6.07, 6.45) is 0. The molecule has 0 bridgehead atoms. The molecule has 3 rings (SSSR count). The van der Waals surface area contributed by atoms with Crippen molar-refractivity contribution in [3.05, 3.63) is 83.4 Å². The summed E-state index contributed by atoms with van der Waals surface area (Å²) in [5.41, 5.74) is 1.37. The van der Waals surface area contributed by atoms with Crippen LogP contribution in [0.4, 0.5) is 0 Å². The monoisotopic (exact) mass is 652 g/mol. The molecular weight excluding hydrogens is 616 g/mol. The Morgan fingerprint density at radius 3 is 1.41 bits per heavy atom. The van der Waals surface area contributed by atoms with E-state index in [2.05, 4.69) is 0 Å². The molecule has 0 heterocycles. The third-order valence-electron chi connectivity index (χ3n) is 5.95. The van der Waals surface area contributed by atoms with Crippen LogP contribution in [0.1, 0.15) is 21.5 Å². The minimum atomic E-state index is -3.89. The molecule has 0 fully saturated rings. The summed E-state index contributed by atoms with van der Waals surface area (Å²) in [5, 5.41) is 0. The summed E-state index contributed by atoms with van der Waals surface area (Å²) in [5.74, 6) is 0.0491. The predicted molar refractivity (Wildman–Crippen MR) is 159 cm³/mol. The second kappa shape index (κ2) is 17.1. The number of ether oxygens (including phenoxy) is 5. The molecule has 0 N–H and O–H groups in total. The van der Waals surface area contributed by atoms with Crippen molar-refractivity contribution in [1.29, 1.82) is 0 Å². The Labute approximate surface area is 258 Å². The van der Waals surface area contributed by atoms with Crippen molar-refractivity contribution in [2.24, 2.45) is 0 Å². The van der Waals surface area contributed by atoms with Crippen LogP contribution in [0.25, 0.3) is 0 Å². The number of carbonyl (C=O) groups excluding carboxylic acids is 1. The number of carbonyl (C=O) groups is 1. The molecule has 3 aromatic rings. The minimum absolute atomic E-state index is 0.0217. The first-order chi connectivity index (χ1) is 21.0. The van der Waals surface area contributed by atoms with Gasteiger partial charge in [0.2, 0.25) is 0 Å². The molecule has 44 heavy (non-hydrogen) atoms. The van der Waals surface area contributed by atoms with Gasteiger partial charge in [-0.1, -0.05) is 36.4 Å². The highest BCUT2D eigenvalue weighted by Gasteiger charge is 2.18. The van der Waals surface area contributed by atoms with Gasteiger partial charge < -0.3 is 23.7 Å². The molecule has 0 unspecified atom stereocenters. The molecular formula is C30H36O12S2. The number of hydrogen-bond donors (Lipinski definition) is 0. The first kappa shape index (κ1) is 35.0. The Morgan fingerprint density at radius 2 is 1.00 bits per heavy atom. The van der Waals surface area contributed by atoms with E-state index in [4.69, 9.17) is 32.1 Å². The van der Waals surface area contributed by atoms with Crippen molar-refractivity contribution in [1.82, 2.24) is 0 Å². The van der Waals surface area contributed by atoms with E-state index in [1.165, 1.54) is 31.4 Å². The van der Waals surface area contributed by atoms with Crippen LogP contribution in [0.15, 0.2) is 76.5 Å². The van der Waals surface area contributed by atoms with Gasteiger partial charge in [0.05, 0.1) is 62.1 Å². The Hall–Kier alpha value is -3.53. The standard InChI is InChI=1S/C30H36O12S2/c1-23-8-4-6-10-28(23)43(32,33)41-18-14-37-12-16-39-26-20-25(30(31)36-3)21-27(22-26)40-17-13-38-15-19-42-44(34,35)29-11-7-5-9-24(29)2/h4-11,20-22H,12-19H2,1-3H3. The van der Waals surface area contributed by atoms with Crippen molar-refractivity contribution in [2.45, 2.75) is 23.6 Å². The maximum atomic E-state index is 12.3. The smallest absolute Gasteiger partial charge is 0.338 e. The first-order valence-corrected chi connectivity index (χ1v) is 16.4. The van der Waals surface area contributed by atoms with Crippen LogP contribution in [0, 0.1) is 13.8 Å². The van der Waals surface area contributed by atoms with Crippen molar-refractivity contribution in [3.8, 4) is 11.5 Å². The lowest BCUT2D eigenvalue weighted by atomic mass is 10.2. The fourth-order valence-electron chi connectivity index (χ4n) is 3.82. The maximum Gasteiger partial charge on any atom is 0.338 e. The summed E-state index contributed by atoms with van der Waals surface area (Å²) < 4.78 is 86.3. The van der Waals surface area contributed by atoms with Crippen LogP contribution in [0.5, 0.6) is 11.5 Å². The van der Waals surface area contributed by atoms with E-state index in [0.717, 1.165) is 0 Å². The van der Waals surface area contributed by atoms with E-state index in [0.29, 0.717) is 22.6 Å². The quantitative estimate of drug-likeness (QED) is 0.106. The Balaban J connectivity index is 1.38. The van der Waals surface area contributed by atoms with E-state index in [-0.39, 0.29) is 68.2 Å². The van der Waals surface area contributed by atoms with Gasteiger partial charge in [0.15, 0.2) is 0 Å². The molecule has 0 amide bonds. The van der Waals surface area contributed by atoms with Crippen molar-refractivity contribution < 1.29 is 53.7 Å². The highest BCUT2D eigenvalue weighted by molar-refractivity contribution is 7.87. The van der Waals surface area contributed by atoms with Gasteiger partial charge in [-0.3, -0.25) is 8.37 Å². The second-order valence-electron chi connectivity index (χ2n) is 9.19. The third-order valence-corrected chi connectivity index (χ3v) is 8.90. The highest BCUT2D eigenvalue weighted by Crippen LogP contribution is 2.24. The molecule has 14 heteroatoms. The number of rotatable bonds is 19. The molecule has 3 aromatic carbocycles. The summed E-state index contributed by atoms with van der Waals surface area (Å²) in [6.45, 7) is 3.54. The summed E-state index contributed by atoms with van der Waals surface area (Å²) in [7, 11) is -6.52. The molecule has 0 aliphatic heterocycles. The summed E-state index contributed by atoms with van der Waals surface area (Å²) >= 11 is 0. The lowest BCUT2D eigenvalue weighted by Crippen LogP contribution is -2.15. The average molecular weight is 653 g/mol. The number of benzene rings is 3. The Morgan fingerprint density at radius 1 is 0.591 bits per heavy atom. The average Bonchev–Trinajstić information content (AvgIpc) is 2.99. The van der Waals surface area contributed by atoms with Crippen LogP contribution >= 0.6 is 0 Å². The Kier molecular flexibility index (Phi) is 13.6. The van der Waals surface area contributed by atoms with E-state index in [9.17, 15) is 21.6 Å². The normalized spacial score (nSPS) is 11.7. The van der Waals surface area contributed by atoms with Gasteiger partial charge in [-0.15, -0.1) is 0 Å². The Bertz CT molecular complexity index is 1480. The van der Waals surface area contributed by atoms with E-state index >= 15 is 0 Å². The molecule has 0 saturated carbocycles. The molecule has 0 aliphatic rings. The van der Waals surface area contributed by atoms with Crippen molar-refractivity contribution in [2.75, 3.05) is 60.0 Å². The SMILES string of the molecule is COC(=O)c1cc(OCCOCCOS(=O)(=O)c2ccccc2C)cc(OCCOCCOS(=O)(=O)c2ccccc2C)c1. The predicted octanol–water partition coefficient (Wildman–Crippen LogP) is 3.69. The molecule has 12 nitrogen and oxygen atoms in total. The van der Waals surface area contributed by atoms with Gasteiger partial charge in [-0.25, -0.2) is 4.79 Å². The fourth-order valence-corrected chi connectivity index (χ4v) is 6.07. The maximum absolute atomic E-state index is 12.3. The molecule has 0 aromatic heterocycles. The lowest BCUT2D eigenvalue weighted by molar-refractivity contribution is 0.0597. The van der Waals surface area contributed by atoms with Crippen LogP contribution in [-0.2, 0) is 42.8 Å². The number of aryl methyl sites for hydroxylation is 2. The van der Waals surface area contributed by atoms with E-state index in [1.807, 2.05) is 0 Å². The van der Waals surface area contributed by atoms with Crippen LogP contribution in [-0.4, -0.2) is 82.8 Å². The zero-order valence-electron chi connectivity index (χ0n) is 24.7. The van der Waals surface area contributed by atoms with Crippen LogP contribution in [0.3, 0.4) is 0 Å². The van der Waals surface area contributed by atoms with Crippen LogP contribution < -0.4 is 9.47 Å². The van der Waals surface area contributed by atoms with Crippen molar-refractivity contribution >= 4 is 26.2 Å². The fraction of sp³-hybridized carbons (Fsp3) is 0.367. The molecule has 0 spiro atoms. The zero-order chi connectivity index (χ0) is 32.0. The van der Waals surface area contributed by atoms with Gasteiger partial charge in [0.1, 0.15) is 24.7 Å². The van der Waals surface area contributed by atoms with Crippen LogP contribution in [0.2, 0.25) is 0 Å². The topological polar surface area (TPSA) is 150 Å². The minimum Gasteiger partial charge on any atom is -0.491 e.